The Morgan fingerprint density at radius 1 is 1.04 bits per heavy atom. The standard InChI is InChI=1S/C21H25N3O3/c1-4-12-27-18-10-8-16(9-11-18)23-21(26)14-22-17-7-6-15(3)19(13-17)24-20(25)5-2/h4,6-11,13,22H,1,5,12,14H2,2-3H3,(H,23,26)(H,24,25). The molecule has 0 spiro atoms. The van der Waals surface area contributed by atoms with E-state index in [4.69, 9.17) is 4.74 Å². The van der Waals surface area contributed by atoms with Crippen molar-refractivity contribution < 1.29 is 14.3 Å². The molecule has 0 saturated heterocycles. The highest BCUT2D eigenvalue weighted by atomic mass is 16.5. The molecule has 0 unspecified atom stereocenters. The maximum Gasteiger partial charge on any atom is 0.243 e. The van der Waals surface area contributed by atoms with Crippen molar-refractivity contribution in [1.82, 2.24) is 0 Å². The van der Waals surface area contributed by atoms with Crippen molar-refractivity contribution in [2.24, 2.45) is 0 Å². The van der Waals surface area contributed by atoms with E-state index in [0.717, 1.165) is 16.9 Å². The van der Waals surface area contributed by atoms with Crippen LogP contribution < -0.4 is 20.7 Å². The number of hydrogen-bond acceptors (Lipinski definition) is 4. The molecule has 0 atom stereocenters. The maximum absolute atomic E-state index is 12.1. The maximum atomic E-state index is 12.1. The van der Waals surface area contributed by atoms with Gasteiger partial charge in [-0.1, -0.05) is 25.6 Å². The van der Waals surface area contributed by atoms with Crippen molar-refractivity contribution in [3.63, 3.8) is 0 Å². The molecule has 0 fully saturated rings. The second kappa shape index (κ2) is 10.0. The number of ether oxygens (including phenoxy) is 1. The first-order valence-electron chi connectivity index (χ1n) is 8.79. The Labute approximate surface area is 159 Å². The third-order valence-electron chi connectivity index (χ3n) is 3.79. The fourth-order valence-electron chi connectivity index (χ4n) is 2.28. The molecule has 2 aromatic rings. The summed E-state index contributed by atoms with van der Waals surface area (Å²) in [5.41, 5.74) is 3.15. The van der Waals surface area contributed by atoms with Crippen LogP contribution in [0.5, 0.6) is 5.75 Å². The van der Waals surface area contributed by atoms with Crippen LogP contribution in [0.15, 0.2) is 55.1 Å². The van der Waals surface area contributed by atoms with Crippen molar-refractivity contribution >= 4 is 28.9 Å². The van der Waals surface area contributed by atoms with Crippen LogP contribution in [-0.4, -0.2) is 25.0 Å². The second-order valence-electron chi connectivity index (χ2n) is 5.96. The third-order valence-corrected chi connectivity index (χ3v) is 3.79. The average molecular weight is 367 g/mol. The van der Waals surface area contributed by atoms with Gasteiger partial charge in [0.1, 0.15) is 12.4 Å². The molecule has 0 aliphatic heterocycles. The smallest absolute Gasteiger partial charge is 0.243 e. The molecular weight excluding hydrogens is 342 g/mol. The molecule has 2 rings (SSSR count). The topological polar surface area (TPSA) is 79.5 Å². The number of rotatable bonds is 9. The number of anilines is 3. The van der Waals surface area contributed by atoms with Gasteiger partial charge >= 0.3 is 0 Å². The predicted octanol–water partition coefficient (Wildman–Crippen LogP) is 3.96. The molecule has 0 aromatic heterocycles. The lowest BCUT2D eigenvalue weighted by molar-refractivity contribution is -0.116. The minimum absolute atomic E-state index is 0.0477. The van der Waals surface area contributed by atoms with Gasteiger partial charge in [-0.3, -0.25) is 9.59 Å². The van der Waals surface area contributed by atoms with Crippen LogP contribution in [0.1, 0.15) is 18.9 Å². The molecule has 0 bridgehead atoms. The summed E-state index contributed by atoms with van der Waals surface area (Å²) in [4.78, 5) is 23.7. The molecule has 0 aliphatic rings. The summed E-state index contributed by atoms with van der Waals surface area (Å²) in [5.74, 6) is 0.496. The number of carbonyl (C=O) groups is 2. The van der Waals surface area contributed by atoms with Crippen LogP contribution in [0.3, 0.4) is 0 Å². The summed E-state index contributed by atoms with van der Waals surface area (Å²) in [7, 11) is 0. The normalized spacial score (nSPS) is 10.0. The van der Waals surface area contributed by atoms with Gasteiger partial charge < -0.3 is 20.7 Å². The first kappa shape index (κ1) is 20.0. The molecule has 0 saturated carbocycles. The van der Waals surface area contributed by atoms with Gasteiger partial charge in [0.05, 0.1) is 6.54 Å². The fourth-order valence-corrected chi connectivity index (χ4v) is 2.28. The molecule has 2 amide bonds. The lowest BCUT2D eigenvalue weighted by Gasteiger charge is -2.12. The lowest BCUT2D eigenvalue weighted by atomic mass is 10.1. The van der Waals surface area contributed by atoms with Crippen LogP contribution in [0.4, 0.5) is 17.1 Å². The van der Waals surface area contributed by atoms with E-state index in [9.17, 15) is 9.59 Å². The number of carbonyl (C=O) groups excluding carboxylic acids is 2. The molecule has 2 aromatic carbocycles. The van der Waals surface area contributed by atoms with E-state index in [1.54, 1.807) is 37.3 Å². The second-order valence-corrected chi connectivity index (χ2v) is 5.96. The van der Waals surface area contributed by atoms with E-state index in [1.807, 2.05) is 25.1 Å². The van der Waals surface area contributed by atoms with E-state index in [-0.39, 0.29) is 18.4 Å². The molecule has 6 heteroatoms. The Balaban J connectivity index is 1.88. The summed E-state index contributed by atoms with van der Waals surface area (Å²) in [6.45, 7) is 7.87. The van der Waals surface area contributed by atoms with Gasteiger partial charge in [-0.25, -0.2) is 0 Å². The van der Waals surface area contributed by atoms with E-state index in [2.05, 4.69) is 22.5 Å². The summed E-state index contributed by atoms with van der Waals surface area (Å²) in [6, 6.07) is 12.7. The molecule has 27 heavy (non-hydrogen) atoms. The Morgan fingerprint density at radius 2 is 1.74 bits per heavy atom. The highest BCUT2D eigenvalue weighted by molar-refractivity contribution is 5.94. The Morgan fingerprint density at radius 3 is 2.41 bits per heavy atom. The number of hydrogen-bond donors (Lipinski definition) is 3. The zero-order valence-corrected chi connectivity index (χ0v) is 15.7. The summed E-state index contributed by atoms with van der Waals surface area (Å²) >= 11 is 0. The van der Waals surface area contributed by atoms with Gasteiger partial charge in [0, 0.05) is 23.5 Å². The molecule has 0 heterocycles. The van der Waals surface area contributed by atoms with Gasteiger partial charge in [-0.2, -0.15) is 0 Å². The van der Waals surface area contributed by atoms with Crippen LogP contribution in [-0.2, 0) is 9.59 Å². The minimum Gasteiger partial charge on any atom is -0.490 e. The molecule has 0 radical (unpaired) electrons. The first-order chi connectivity index (χ1) is 13.0. The Hall–Kier alpha value is -3.28. The van der Waals surface area contributed by atoms with Gasteiger partial charge in [0.15, 0.2) is 0 Å². The van der Waals surface area contributed by atoms with Gasteiger partial charge in [-0.15, -0.1) is 0 Å². The molecule has 3 N–H and O–H groups in total. The van der Waals surface area contributed by atoms with Crippen molar-refractivity contribution in [2.75, 3.05) is 29.1 Å². The Kier molecular flexibility index (Phi) is 7.43. The molecular formula is C21H25N3O3. The lowest BCUT2D eigenvalue weighted by Crippen LogP contribution is -2.21. The van der Waals surface area contributed by atoms with Crippen LogP contribution in [0, 0.1) is 6.92 Å². The number of benzene rings is 2. The summed E-state index contributed by atoms with van der Waals surface area (Å²) < 4.78 is 5.40. The zero-order valence-electron chi connectivity index (χ0n) is 15.7. The quantitative estimate of drug-likeness (QED) is 0.586. The SMILES string of the molecule is C=CCOc1ccc(NC(=O)CNc2ccc(C)c(NC(=O)CC)c2)cc1. The summed E-state index contributed by atoms with van der Waals surface area (Å²) in [6.07, 6.45) is 2.09. The van der Waals surface area contributed by atoms with E-state index in [1.165, 1.54) is 0 Å². The monoisotopic (exact) mass is 367 g/mol. The zero-order chi connectivity index (χ0) is 19.6. The number of aryl methyl sites for hydroxylation is 1. The van der Waals surface area contributed by atoms with Gasteiger partial charge in [0.2, 0.25) is 11.8 Å². The fraction of sp³-hybridized carbons (Fsp3) is 0.238. The molecule has 6 nitrogen and oxygen atoms in total. The van der Waals surface area contributed by atoms with Crippen molar-refractivity contribution in [3.05, 3.63) is 60.7 Å². The highest BCUT2D eigenvalue weighted by Gasteiger charge is 2.06. The van der Waals surface area contributed by atoms with E-state index < -0.39 is 0 Å². The molecule has 142 valence electrons. The largest absolute Gasteiger partial charge is 0.490 e. The highest BCUT2D eigenvalue weighted by Crippen LogP contribution is 2.20. The van der Waals surface area contributed by atoms with Crippen LogP contribution >= 0.6 is 0 Å². The average Bonchev–Trinajstić information content (AvgIpc) is 2.68. The van der Waals surface area contributed by atoms with E-state index >= 15 is 0 Å². The van der Waals surface area contributed by atoms with Crippen LogP contribution in [0.25, 0.3) is 0 Å². The van der Waals surface area contributed by atoms with Gasteiger partial charge in [0.25, 0.3) is 0 Å². The van der Waals surface area contributed by atoms with Gasteiger partial charge in [-0.05, 0) is 48.9 Å². The van der Waals surface area contributed by atoms with Crippen molar-refractivity contribution in [1.29, 1.82) is 0 Å². The number of nitrogens with one attached hydrogen (secondary N) is 3. The first-order valence-corrected chi connectivity index (χ1v) is 8.79. The molecule has 0 aliphatic carbocycles. The predicted molar refractivity (Wildman–Crippen MR) is 109 cm³/mol. The van der Waals surface area contributed by atoms with Crippen LogP contribution in [0.2, 0.25) is 0 Å². The van der Waals surface area contributed by atoms with Crippen molar-refractivity contribution in [2.45, 2.75) is 20.3 Å². The third kappa shape index (κ3) is 6.51. The summed E-state index contributed by atoms with van der Waals surface area (Å²) in [5, 5.41) is 8.73. The minimum atomic E-state index is -0.172. The van der Waals surface area contributed by atoms with Crippen molar-refractivity contribution in [3.8, 4) is 5.75 Å². The van der Waals surface area contributed by atoms with E-state index in [0.29, 0.717) is 24.5 Å². The number of amides is 2. The Bertz CT molecular complexity index is 801.